The lowest BCUT2D eigenvalue weighted by Gasteiger charge is -2.23. The molecule has 0 saturated carbocycles. The van der Waals surface area contributed by atoms with E-state index in [1.807, 2.05) is 24.3 Å². The zero-order valence-electron chi connectivity index (χ0n) is 73.1. The van der Waals surface area contributed by atoms with Gasteiger partial charge in [0.1, 0.15) is 0 Å². The molecular formula is C125H84N8. The molecule has 0 unspecified atom stereocenters. The summed E-state index contributed by atoms with van der Waals surface area (Å²) in [5.41, 5.74) is 38.2. The Morgan fingerprint density at radius 2 is 0.398 bits per heavy atom. The Kier molecular flexibility index (Phi) is 18.8. The second kappa shape index (κ2) is 32.1. The van der Waals surface area contributed by atoms with Crippen LogP contribution in [0.4, 0.5) is 0 Å². The predicted octanol–water partition coefficient (Wildman–Crippen LogP) is 32.3. The fourth-order valence-corrected chi connectivity index (χ4v) is 20.6. The van der Waals surface area contributed by atoms with E-state index in [4.69, 9.17) is 19.9 Å². The molecule has 6 aromatic heterocycles. The molecule has 26 rings (SSSR count). The third kappa shape index (κ3) is 13.6. The highest BCUT2D eigenvalue weighted by atomic mass is 15.0. The highest BCUT2D eigenvalue weighted by molar-refractivity contribution is 6.15. The Morgan fingerprint density at radius 3 is 0.767 bits per heavy atom. The molecule has 8 heteroatoms. The Bertz CT molecular complexity index is 8780. The van der Waals surface area contributed by atoms with E-state index in [2.05, 4.69) is 481 Å². The number of para-hydroxylation sites is 6. The Hall–Kier alpha value is -17.5. The lowest BCUT2D eigenvalue weighted by Crippen LogP contribution is -2.15. The van der Waals surface area contributed by atoms with E-state index in [0.717, 1.165) is 101 Å². The van der Waals surface area contributed by atoms with E-state index in [0.29, 0.717) is 5.82 Å². The molecule has 624 valence electrons. The van der Waals surface area contributed by atoms with Gasteiger partial charge in [-0.3, -0.25) is 0 Å². The third-order valence-electron chi connectivity index (χ3n) is 27.0. The summed E-state index contributed by atoms with van der Waals surface area (Å²) >= 11 is 0. The van der Waals surface area contributed by atoms with Crippen LogP contribution in [0.1, 0.15) is 25.0 Å². The molecule has 0 N–H and O–H groups in total. The molecule has 1 aliphatic rings. The first kappa shape index (κ1) is 77.8. The number of rotatable bonds is 14. The van der Waals surface area contributed by atoms with E-state index in [9.17, 15) is 0 Å². The molecule has 0 atom stereocenters. The summed E-state index contributed by atoms with van der Waals surface area (Å²) in [4.78, 5) is 20.6. The van der Waals surface area contributed by atoms with Crippen molar-refractivity contribution in [3.63, 3.8) is 0 Å². The fourth-order valence-electron chi connectivity index (χ4n) is 20.6. The largest absolute Gasteiger partial charge is 0.309 e. The van der Waals surface area contributed by atoms with Crippen LogP contribution in [0.5, 0.6) is 0 Å². The molecule has 133 heavy (non-hydrogen) atoms. The molecule has 0 radical (unpaired) electrons. The van der Waals surface area contributed by atoms with Crippen LogP contribution in [-0.2, 0) is 5.41 Å². The van der Waals surface area contributed by atoms with E-state index in [1.54, 1.807) is 0 Å². The number of fused-ring (bicyclic) bond motifs is 15. The van der Waals surface area contributed by atoms with Gasteiger partial charge in [0.15, 0.2) is 11.6 Å². The van der Waals surface area contributed by atoms with Gasteiger partial charge in [-0.05, 0) is 218 Å². The summed E-state index contributed by atoms with van der Waals surface area (Å²) in [5.74, 6) is 1.42. The molecule has 0 aliphatic heterocycles. The maximum atomic E-state index is 5.18. The Balaban J connectivity index is 0.000000143. The van der Waals surface area contributed by atoms with Gasteiger partial charge in [0.2, 0.25) is 0 Å². The minimum Gasteiger partial charge on any atom is -0.309 e. The van der Waals surface area contributed by atoms with E-state index < -0.39 is 0 Å². The summed E-state index contributed by atoms with van der Waals surface area (Å²) in [5, 5.41) is 9.95. The number of aromatic nitrogens is 8. The Morgan fingerprint density at radius 1 is 0.158 bits per heavy atom. The Labute approximate surface area is 769 Å². The zero-order valence-corrected chi connectivity index (χ0v) is 73.1. The zero-order chi connectivity index (χ0) is 88.2. The quantitative estimate of drug-likeness (QED) is 0.109. The van der Waals surface area contributed by atoms with E-state index in [1.165, 1.54) is 137 Å². The van der Waals surface area contributed by atoms with Crippen molar-refractivity contribution in [1.29, 1.82) is 0 Å². The lowest BCUT2D eigenvalue weighted by molar-refractivity contribution is 0.660. The topological polar surface area (TPSA) is 71.3 Å². The summed E-state index contributed by atoms with van der Waals surface area (Å²) in [6.45, 7) is 4.71. The molecule has 8 nitrogen and oxygen atoms in total. The van der Waals surface area contributed by atoms with Gasteiger partial charge < -0.3 is 18.3 Å². The van der Waals surface area contributed by atoms with Crippen molar-refractivity contribution < 1.29 is 0 Å². The number of nitrogens with zero attached hydrogens (tertiary/aromatic N) is 8. The van der Waals surface area contributed by atoms with Gasteiger partial charge in [-0.2, -0.15) is 0 Å². The van der Waals surface area contributed by atoms with Crippen molar-refractivity contribution in [3.8, 4) is 146 Å². The summed E-state index contributed by atoms with van der Waals surface area (Å²) < 4.78 is 9.61. The molecular weight excluding hydrogens is 1610 g/mol. The molecule has 0 spiro atoms. The molecule has 0 fully saturated rings. The van der Waals surface area contributed by atoms with Crippen LogP contribution >= 0.6 is 0 Å². The normalized spacial score (nSPS) is 12.2. The molecule has 19 aromatic carbocycles. The first-order chi connectivity index (χ1) is 65.7. The molecule has 0 saturated heterocycles. The lowest BCUT2D eigenvalue weighted by atomic mass is 9.81. The maximum absolute atomic E-state index is 5.18. The van der Waals surface area contributed by atoms with Gasteiger partial charge in [0.05, 0.1) is 66.9 Å². The van der Waals surface area contributed by atoms with Crippen molar-refractivity contribution in [1.82, 2.24) is 38.2 Å². The first-order valence-corrected chi connectivity index (χ1v) is 45.5. The minimum atomic E-state index is -0.260. The van der Waals surface area contributed by atoms with Crippen LogP contribution < -0.4 is 0 Å². The highest BCUT2D eigenvalue weighted by Gasteiger charge is 2.37. The fraction of sp³-hybridized carbons (Fsp3) is 0.0240. The van der Waals surface area contributed by atoms with Crippen LogP contribution in [-0.4, -0.2) is 38.2 Å². The van der Waals surface area contributed by atoms with Crippen molar-refractivity contribution >= 4 is 87.2 Å². The molecule has 0 amide bonds. The molecule has 1 aliphatic carbocycles. The number of hydrogen-bond donors (Lipinski definition) is 0. The third-order valence-corrected chi connectivity index (χ3v) is 27.0. The van der Waals surface area contributed by atoms with Gasteiger partial charge in [-0.25, -0.2) is 19.9 Å². The van der Waals surface area contributed by atoms with Crippen LogP contribution in [0, 0.1) is 0 Å². The van der Waals surface area contributed by atoms with Crippen molar-refractivity contribution in [2.24, 2.45) is 0 Å². The van der Waals surface area contributed by atoms with Gasteiger partial charge >= 0.3 is 0 Å². The average Bonchev–Trinajstić information content (AvgIpc) is 1.56. The van der Waals surface area contributed by atoms with Gasteiger partial charge in [0.25, 0.3) is 0 Å². The predicted molar refractivity (Wildman–Crippen MR) is 553 cm³/mol. The van der Waals surface area contributed by atoms with Crippen molar-refractivity contribution in [2.75, 3.05) is 0 Å². The SMILES string of the molecule is CC1(C)c2cc(-c3nc(-c4ccccc4)cc(-c4ccccc4)n3)ccc2-c2ccc(-n3c4ccccc4c4cc(-c5ccc6c(c5)c5ccccc5n6-c5ccccc5)ccc43)cc21.c1ccc(-c2cc(-c3ccccc3)nc(-c3cccc(-c4cccc(-c5cccc(-n6c7ccccc7c7cc(-c8ccc9c(c8)c8ccccc8n9-c8ccccc8)ccc76)c5)c4)c3)n2)cc1. The average molecular weight is 1700 g/mol. The molecule has 25 aromatic rings. The van der Waals surface area contributed by atoms with Crippen LogP contribution in [0.25, 0.3) is 233 Å². The molecule has 6 heterocycles. The van der Waals surface area contributed by atoms with Crippen LogP contribution in [0.2, 0.25) is 0 Å². The standard InChI is InChI=1S/C64H42N4.C61H42N4/c1-4-17-43(18-5-1)58-42-59(44-19-6-2-7-20-44)66-64(65-58)51-25-15-23-47(38-51)45-21-14-22-46(37-45)48-24-16-28-53(39-48)68-61-32-13-11-30-55(61)57-41-50(34-36-63(57)68)49-33-35-62-56(40-49)54-29-10-12-31-60(54)67(62)52-26-8-3-9-27-52;1-61(2)52-36-43(60-62-54(39-16-6-3-7-17-39)38-55(63-60)40-18-8-4-9-19-40)26-30-46(52)47-31-29-45(37-53(47)61)65-57-25-15-13-23-49(57)51-35-42(28-33-59(51)65)41-27-32-58-50(34-41)48-22-12-14-24-56(48)64(58)44-20-10-5-11-21-44/h1-42H;3-38H,1-2H3. The maximum Gasteiger partial charge on any atom is 0.160 e. The second-order valence-corrected chi connectivity index (χ2v) is 35.2. The van der Waals surface area contributed by atoms with Gasteiger partial charge in [-0.15, -0.1) is 0 Å². The second-order valence-electron chi connectivity index (χ2n) is 35.2. The molecule has 0 bridgehead atoms. The van der Waals surface area contributed by atoms with Crippen molar-refractivity contribution in [2.45, 2.75) is 19.3 Å². The van der Waals surface area contributed by atoms with Crippen LogP contribution in [0.15, 0.2) is 473 Å². The van der Waals surface area contributed by atoms with Crippen LogP contribution in [0.3, 0.4) is 0 Å². The number of hydrogen-bond acceptors (Lipinski definition) is 4. The summed E-state index contributed by atoms with van der Waals surface area (Å²) in [6, 6.07) is 170. The number of benzene rings is 19. The van der Waals surface area contributed by atoms with Gasteiger partial charge in [0, 0.05) is 105 Å². The van der Waals surface area contributed by atoms with E-state index in [-0.39, 0.29) is 5.41 Å². The smallest absolute Gasteiger partial charge is 0.160 e. The van der Waals surface area contributed by atoms with E-state index >= 15 is 0 Å². The van der Waals surface area contributed by atoms with Crippen molar-refractivity contribution in [3.05, 3.63) is 484 Å². The summed E-state index contributed by atoms with van der Waals surface area (Å²) in [6.07, 6.45) is 0. The summed E-state index contributed by atoms with van der Waals surface area (Å²) in [7, 11) is 0. The minimum absolute atomic E-state index is 0.260. The first-order valence-electron chi connectivity index (χ1n) is 45.5. The van der Waals surface area contributed by atoms with Gasteiger partial charge in [-0.1, -0.05) is 335 Å². The monoisotopic (exact) mass is 1700 g/mol. The highest BCUT2D eigenvalue weighted by Crippen LogP contribution is 2.52.